The molecule has 4 rings (SSSR count). The van der Waals surface area contributed by atoms with E-state index in [1.54, 1.807) is 30.3 Å². The van der Waals surface area contributed by atoms with Gasteiger partial charge in [0.25, 0.3) is 5.91 Å². The van der Waals surface area contributed by atoms with Crippen molar-refractivity contribution in [1.29, 1.82) is 0 Å². The fourth-order valence-electron chi connectivity index (χ4n) is 3.99. The van der Waals surface area contributed by atoms with Gasteiger partial charge in [-0.1, -0.05) is 29.8 Å². The number of halogens is 4. The molecule has 0 atom stereocenters. The van der Waals surface area contributed by atoms with E-state index in [2.05, 4.69) is 27.9 Å². The van der Waals surface area contributed by atoms with Crippen molar-refractivity contribution in [2.24, 2.45) is 0 Å². The van der Waals surface area contributed by atoms with Crippen LogP contribution in [-0.4, -0.2) is 11.8 Å². The number of hydrogen-bond donors (Lipinski definition) is 1. The number of fused-ring (bicyclic) bond motifs is 1. The van der Waals surface area contributed by atoms with Crippen molar-refractivity contribution in [2.75, 3.05) is 4.90 Å². The lowest BCUT2D eigenvalue weighted by atomic mass is 9.86. The predicted octanol–water partition coefficient (Wildman–Crippen LogP) is 5.98. The van der Waals surface area contributed by atoms with Crippen LogP contribution in [0, 0.1) is 15.2 Å². The predicted molar refractivity (Wildman–Crippen MR) is 132 cm³/mol. The summed E-state index contributed by atoms with van der Waals surface area (Å²) in [4.78, 5) is 27.7. The maximum absolute atomic E-state index is 14.5. The Morgan fingerprint density at radius 1 is 1.12 bits per heavy atom. The molecular weight excluding hydrogens is 561 g/mol. The highest BCUT2D eigenvalue weighted by Crippen LogP contribution is 2.45. The van der Waals surface area contributed by atoms with Gasteiger partial charge < -0.3 is 10.2 Å². The number of amides is 2. The zero-order chi connectivity index (χ0) is 23.9. The number of rotatable bonds is 5. The third-order valence-electron chi connectivity index (χ3n) is 5.77. The van der Waals surface area contributed by atoms with Crippen LogP contribution < -0.4 is 10.2 Å². The van der Waals surface area contributed by atoms with Crippen LogP contribution in [-0.2, 0) is 23.3 Å². The molecule has 0 saturated carbocycles. The molecule has 0 fully saturated rings. The van der Waals surface area contributed by atoms with Gasteiger partial charge in [0.1, 0.15) is 11.6 Å². The second-order valence-corrected chi connectivity index (χ2v) is 9.95. The van der Waals surface area contributed by atoms with Crippen molar-refractivity contribution in [2.45, 2.75) is 32.4 Å². The Bertz CT molecular complexity index is 1240. The molecule has 3 aromatic carbocycles. The minimum Gasteiger partial charge on any atom is -0.348 e. The molecule has 33 heavy (non-hydrogen) atoms. The van der Waals surface area contributed by atoms with E-state index in [-0.39, 0.29) is 41.3 Å². The summed E-state index contributed by atoms with van der Waals surface area (Å²) in [5.41, 5.74) is 1.85. The Kier molecular flexibility index (Phi) is 6.46. The Labute approximate surface area is 209 Å². The van der Waals surface area contributed by atoms with E-state index in [1.807, 2.05) is 13.8 Å². The Morgan fingerprint density at radius 2 is 1.82 bits per heavy atom. The summed E-state index contributed by atoms with van der Waals surface area (Å²) in [7, 11) is 0. The third-order valence-corrected chi connectivity index (χ3v) is 6.98. The van der Waals surface area contributed by atoms with Crippen LogP contribution >= 0.6 is 34.2 Å². The lowest BCUT2D eigenvalue weighted by Crippen LogP contribution is -2.36. The standard InChI is InChI=1S/C25H20ClF2IN2O2/c1-25(2)22-20(29)10-15(23(32)30-12-14-6-8-16(27)9-7-14)11-21(22)31(24(25)33)13-17-18(26)4-3-5-19(17)28/h3-11H,12-13H2,1-2H3,(H,30,32). The smallest absolute Gasteiger partial charge is 0.251 e. The van der Waals surface area contributed by atoms with Gasteiger partial charge in [0, 0.05) is 31.8 Å². The molecule has 0 radical (unpaired) electrons. The zero-order valence-corrected chi connectivity index (χ0v) is 20.8. The zero-order valence-electron chi connectivity index (χ0n) is 17.9. The molecule has 170 valence electrons. The molecule has 0 unspecified atom stereocenters. The highest BCUT2D eigenvalue weighted by molar-refractivity contribution is 14.1. The first-order valence-corrected chi connectivity index (χ1v) is 11.7. The molecule has 2 amide bonds. The number of hydrogen-bond acceptors (Lipinski definition) is 2. The van der Waals surface area contributed by atoms with Crippen LogP contribution in [0.2, 0.25) is 5.02 Å². The average Bonchev–Trinajstić information content (AvgIpc) is 2.96. The SMILES string of the molecule is CC1(C)C(=O)N(Cc2c(F)cccc2Cl)c2cc(C(=O)NCc3ccc(F)cc3)cc(I)c21. The molecule has 0 bridgehead atoms. The summed E-state index contributed by atoms with van der Waals surface area (Å²) < 4.78 is 28.3. The lowest BCUT2D eigenvalue weighted by molar-refractivity contribution is -0.122. The first-order valence-electron chi connectivity index (χ1n) is 10.2. The first-order chi connectivity index (χ1) is 15.6. The fourth-order valence-corrected chi connectivity index (χ4v) is 5.50. The largest absolute Gasteiger partial charge is 0.348 e. The molecule has 0 aromatic heterocycles. The van der Waals surface area contributed by atoms with Crippen LogP contribution in [0.25, 0.3) is 0 Å². The van der Waals surface area contributed by atoms with Gasteiger partial charge in [0.2, 0.25) is 5.91 Å². The van der Waals surface area contributed by atoms with Gasteiger partial charge in [-0.3, -0.25) is 9.59 Å². The molecule has 1 N–H and O–H groups in total. The van der Waals surface area contributed by atoms with E-state index >= 15 is 0 Å². The molecule has 0 spiro atoms. The third kappa shape index (κ3) is 4.48. The number of benzene rings is 3. The Hall–Kier alpha value is -2.52. The van der Waals surface area contributed by atoms with Crippen molar-refractivity contribution >= 4 is 51.7 Å². The van der Waals surface area contributed by atoms with Gasteiger partial charge >= 0.3 is 0 Å². The summed E-state index contributed by atoms with van der Waals surface area (Å²) in [6.45, 7) is 3.81. The number of carbonyl (C=O) groups is 2. The summed E-state index contributed by atoms with van der Waals surface area (Å²) in [5.74, 6) is -1.37. The van der Waals surface area contributed by atoms with Crippen molar-refractivity contribution in [3.05, 3.63) is 97.1 Å². The lowest BCUT2D eigenvalue weighted by Gasteiger charge is -2.21. The van der Waals surface area contributed by atoms with Gasteiger partial charge in [-0.25, -0.2) is 8.78 Å². The molecule has 1 aliphatic rings. The maximum Gasteiger partial charge on any atom is 0.251 e. The molecular formula is C25H20ClF2IN2O2. The minimum absolute atomic E-state index is 0.0441. The van der Waals surface area contributed by atoms with Gasteiger partial charge in [0.05, 0.1) is 17.6 Å². The summed E-state index contributed by atoms with van der Waals surface area (Å²) in [5, 5.41) is 3.05. The summed E-state index contributed by atoms with van der Waals surface area (Å²) in [6.07, 6.45) is 0. The quantitative estimate of drug-likeness (QED) is 0.378. The second kappa shape index (κ2) is 9.02. The van der Waals surface area contributed by atoms with E-state index in [0.29, 0.717) is 11.3 Å². The van der Waals surface area contributed by atoms with E-state index in [1.165, 1.54) is 29.2 Å². The van der Waals surface area contributed by atoms with Gasteiger partial charge in [0.15, 0.2) is 0 Å². The van der Waals surface area contributed by atoms with Crippen LogP contribution in [0.15, 0.2) is 54.6 Å². The Balaban J connectivity index is 1.67. The number of nitrogens with one attached hydrogen (secondary N) is 1. The highest BCUT2D eigenvalue weighted by atomic mass is 127. The molecule has 0 saturated heterocycles. The van der Waals surface area contributed by atoms with Crippen molar-refractivity contribution in [1.82, 2.24) is 5.32 Å². The minimum atomic E-state index is -0.841. The molecule has 1 aliphatic heterocycles. The normalized spacial score (nSPS) is 14.4. The van der Waals surface area contributed by atoms with Crippen LogP contribution in [0.4, 0.5) is 14.5 Å². The molecule has 3 aromatic rings. The monoisotopic (exact) mass is 580 g/mol. The van der Waals surface area contributed by atoms with E-state index in [0.717, 1.165) is 14.7 Å². The van der Waals surface area contributed by atoms with Gasteiger partial charge in [-0.2, -0.15) is 0 Å². The second-order valence-electron chi connectivity index (χ2n) is 8.38. The van der Waals surface area contributed by atoms with Gasteiger partial charge in [-0.15, -0.1) is 0 Å². The summed E-state index contributed by atoms with van der Waals surface area (Å²) in [6, 6.07) is 13.6. The number of anilines is 1. The van der Waals surface area contributed by atoms with Crippen molar-refractivity contribution < 1.29 is 18.4 Å². The van der Waals surface area contributed by atoms with E-state index < -0.39 is 11.2 Å². The average molecular weight is 581 g/mol. The van der Waals surface area contributed by atoms with Crippen molar-refractivity contribution in [3.8, 4) is 0 Å². The highest BCUT2D eigenvalue weighted by Gasteiger charge is 2.46. The van der Waals surface area contributed by atoms with E-state index in [4.69, 9.17) is 11.6 Å². The molecule has 0 aliphatic carbocycles. The number of carbonyl (C=O) groups excluding carboxylic acids is 2. The first kappa shape index (κ1) is 23.6. The fraction of sp³-hybridized carbons (Fsp3) is 0.200. The summed E-state index contributed by atoms with van der Waals surface area (Å²) >= 11 is 8.33. The van der Waals surface area contributed by atoms with Gasteiger partial charge in [-0.05, 0) is 78.4 Å². The molecule has 8 heteroatoms. The maximum atomic E-state index is 14.5. The van der Waals surface area contributed by atoms with Crippen LogP contribution in [0.5, 0.6) is 0 Å². The topological polar surface area (TPSA) is 49.4 Å². The Morgan fingerprint density at radius 3 is 2.48 bits per heavy atom. The van der Waals surface area contributed by atoms with Crippen molar-refractivity contribution in [3.63, 3.8) is 0 Å². The molecule has 1 heterocycles. The van der Waals surface area contributed by atoms with Crippen LogP contribution in [0.3, 0.4) is 0 Å². The molecule has 4 nitrogen and oxygen atoms in total. The van der Waals surface area contributed by atoms with Crippen LogP contribution in [0.1, 0.15) is 40.9 Å². The van der Waals surface area contributed by atoms with E-state index in [9.17, 15) is 18.4 Å². The number of nitrogens with zero attached hydrogens (tertiary/aromatic N) is 1.